The normalized spacial score (nSPS) is 13.4. The van der Waals surface area contributed by atoms with Crippen LogP contribution < -0.4 is 20.3 Å². The second-order valence-corrected chi connectivity index (χ2v) is 8.25. The van der Waals surface area contributed by atoms with Crippen molar-refractivity contribution >= 4 is 34.5 Å². The Morgan fingerprint density at radius 3 is 2.69 bits per heavy atom. The molecule has 0 radical (unpaired) electrons. The van der Waals surface area contributed by atoms with Crippen LogP contribution in [0.3, 0.4) is 0 Å². The number of methoxy groups -OCH3 is 2. The number of likely N-dealkylation sites (tertiary alicyclic amines) is 1. The van der Waals surface area contributed by atoms with Crippen molar-refractivity contribution < 1.29 is 19.0 Å². The van der Waals surface area contributed by atoms with Crippen LogP contribution in [0.25, 0.3) is 22.2 Å². The first-order valence-corrected chi connectivity index (χ1v) is 11.3. The van der Waals surface area contributed by atoms with Crippen LogP contribution in [0.15, 0.2) is 41.8 Å². The third kappa shape index (κ3) is 4.80. The summed E-state index contributed by atoms with van der Waals surface area (Å²) in [5.41, 5.74) is 0.993. The van der Waals surface area contributed by atoms with E-state index < -0.39 is 0 Å². The Labute approximate surface area is 207 Å². The lowest BCUT2D eigenvalue weighted by Gasteiger charge is -2.38. The minimum absolute atomic E-state index is 0.0939. The second kappa shape index (κ2) is 10.3. The molecule has 1 saturated heterocycles. The van der Waals surface area contributed by atoms with Gasteiger partial charge in [0.1, 0.15) is 17.1 Å². The van der Waals surface area contributed by atoms with E-state index in [2.05, 4.69) is 21.9 Å². The summed E-state index contributed by atoms with van der Waals surface area (Å²) < 4.78 is 18.2. The summed E-state index contributed by atoms with van der Waals surface area (Å²) in [7, 11) is 4.73. The molecular weight excluding hydrogens is 474 g/mol. The zero-order valence-corrected chi connectivity index (χ0v) is 20.5. The molecule has 0 saturated carbocycles. The maximum Gasteiger partial charge on any atom is 0.260 e. The number of amides is 1. The number of nitrogens with zero attached hydrogens (tertiary/aromatic N) is 4. The highest BCUT2D eigenvalue weighted by Gasteiger charge is 2.30. The zero-order chi connectivity index (χ0) is 25.1. The predicted octanol–water partition coefficient (Wildman–Crippen LogP) is 2.58. The molecule has 1 aliphatic rings. The number of fused-ring (bicyclic) bond motifs is 1. The van der Waals surface area contributed by atoms with Gasteiger partial charge in [0, 0.05) is 48.9 Å². The van der Waals surface area contributed by atoms with Gasteiger partial charge in [0.15, 0.2) is 0 Å². The number of halogens is 1. The Morgan fingerprint density at radius 2 is 2.03 bits per heavy atom. The van der Waals surface area contributed by atoms with Gasteiger partial charge in [-0.1, -0.05) is 18.2 Å². The number of benzene rings is 1. The minimum atomic E-state index is -0.295. The van der Waals surface area contributed by atoms with E-state index in [9.17, 15) is 9.59 Å². The fourth-order valence-corrected chi connectivity index (χ4v) is 4.17. The summed E-state index contributed by atoms with van der Waals surface area (Å²) >= 11 is 6.59. The Hall–Kier alpha value is -3.63. The van der Waals surface area contributed by atoms with E-state index in [-0.39, 0.29) is 30.7 Å². The molecule has 0 bridgehead atoms. The van der Waals surface area contributed by atoms with Crippen molar-refractivity contribution in [2.45, 2.75) is 12.6 Å². The number of hydrogen-bond acceptors (Lipinski definition) is 8. The standard InChI is InChI=1S/C24H26ClN5O5/c1-5-20(31)29-12-16(13-29)35-7-6-30-22-14(11-27-24(26-2)28-22)8-18(23(30)32)17-9-15(33-3)10-19(34-4)21(17)25/h5,8-11,16H,1,6-7,12-13H2,2-4H3,(H,26,27,28). The molecule has 2 aromatic heterocycles. The van der Waals surface area contributed by atoms with Crippen LogP contribution in [0.1, 0.15) is 0 Å². The van der Waals surface area contributed by atoms with Gasteiger partial charge >= 0.3 is 0 Å². The number of anilines is 1. The highest BCUT2D eigenvalue weighted by molar-refractivity contribution is 6.35. The molecule has 0 aliphatic carbocycles. The molecular formula is C24H26ClN5O5. The quantitative estimate of drug-likeness (QED) is 0.448. The Bertz CT molecular complexity index is 1340. The lowest BCUT2D eigenvalue weighted by molar-refractivity contribution is -0.139. The van der Waals surface area contributed by atoms with Crippen LogP contribution >= 0.6 is 11.6 Å². The third-order valence-corrected chi connectivity index (χ3v) is 6.20. The minimum Gasteiger partial charge on any atom is -0.497 e. The number of carbonyl (C=O) groups is 1. The maximum atomic E-state index is 13.7. The molecule has 35 heavy (non-hydrogen) atoms. The van der Waals surface area contributed by atoms with E-state index >= 15 is 0 Å². The number of pyridine rings is 1. The van der Waals surface area contributed by atoms with Gasteiger partial charge in [0.05, 0.1) is 38.5 Å². The number of ether oxygens (including phenoxy) is 3. The summed E-state index contributed by atoms with van der Waals surface area (Å²) in [4.78, 5) is 35.8. The lowest BCUT2D eigenvalue weighted by atomic mass is 10.0. The summed E-state index contributed by atoms with van der Waals surface area (Å²) in [5, 5.41) is 3.85. The number of aromatic nitrogens is 3. The summed E-state index contributed by atoms with van der Waals surface area (Å²) in [5.74, 6) is 1.15. The third-order valence-electron chi connectivity index (χ3n) is 5.81. The highest BCUT2D eigenvalue weighted by atomic mass is 35.5. The van der Waals surface area contributed by atoms with Crippen LogP contribution in [0, 0.1) is 0 Å². The number of nitrogens with one attached hydrogen (secondary N) is 1. The van der Waals surface area contributed by atoms with Gasteiger partial charge in [-0.3, -0.25) is 14.2 Å². The smallest absolute Gasteiger partial charge is 0.260 e. The van der Waals surface area contributed by atoms with Gasteiger partial charge < -0.3 is 24.4 Å². The van der Waals surface area contributed by atoms with Crippen LogP contribution in [0.5, 0.6) is 11.5 Å². The Kier molecular flexibility index (Phi) is 7.23. The van der Waals surface area contributed by atoms with Crippen molar-refractivity contribution in [3.8, 4) is 22.6 Å². The van der Waals surface area contributed by atoms with E-state index in [0.29, 0.717) is 57.7 Å². The average Bonchev–Trinajstić information content (AvgIpc) is 2.85. The van der Waals surface area contributed by atoms with Crippen LogP contribution in [0.4, 0.5) is 5.95 Å². The number of rotatable bonds is 9. The molecule has 11 heteroatoms. The lowest BCUT2D eigenvalue weighted by Crippen LogP contribution is -2.54. The molecule has 1 aliphatic heterocycles. The number of carbonyl (C=O) groups excluding carboxylic acids is 1. The van der Waals surface area contributed by atoms with E-state index in [1.165, 1.54) is 20.3 Å². The predicted molar refractivity (Wildman–Crippen MR) is 133 cm³/mol. The van der Waals surface area contributed by atoms with Crippen LogP contribution in [-0.2, 0) is 16.1 Å². The Morgan fingerprint density at radius 1 is 1.26 bits per heavy atom. The van der Waals surface area contributed by atoms with Crippen LogP contribution in [-0.4, -0.2) is 72.4 Å². The molecule has 0 atom stereocenters. The molecule has 1 amide bonds. The van der Waals surface area contributed by atoms with Crippen molar-refractivity contribution in [2.24, 2.45) is 0 Å². The van der Waals surface area contributed by atoms with Gasteiger partial charge in [-0.2, -0.15) is 4.98 Å². The van der Waals surface area contributed by atoms with Crippen molar-refractivity contribution in [3.05, 3.63) is 52.4 Å². The van der Waals surface area contributed by atoms with Crippen molar-refractivity contribution in [2.75, 3.05) is 46.3 Å². The van der Waals surface area contributed by atoms with Gasteiger partial charge in [-0.15, -0.1) is 0 Å². The summed E-state index contributed by atoms with van der Waals surface area (Å²) in [6, 6.07) is 5.05. The highest BCUT2D eigenvalue weighted by Crippen LogP contribution is 2.38. The molecule has 4 rings (SSSR count). The molecule has 1 fully saturated rings. The van der Waals surface area contributed by atoms with Gasteiger partial charge in [0.2, 0.25) is 11.9 Å². The molecule has 0 unspecified atom stereocenters. The first-order valence-electron chi connectivity index (χ1n) is 10.9. The average molecular weight is 500 g/mol. The fraction of sp³-hybridized carbons (Fsp3) is 0.333. The van der Waals surface area contributed by atoms with E-state index in [4.69, 9.17) is 25.8 Å². The molecule has 3 heterocycles. The molecule has 10 nitrogen and oxygen atoms in total. The molecule has 1 aromatic carbocycles. The summed E-state index contributed by atoms with van der Waals surface area (Å²) in [6.45, 7) is 4.98. The molecule has 1 N–H and O–H groups in total. The molecule has 3 aromatic rings. The van der Waals surface area contributed by atoms with Crippen molar-refractivity contribution in [3.63, 3.8) is 0 Å². The maximum absolute atomic E-state index is 13.7. The largest absolute Gasteiger partial charge is 0.497 e. The van der Waals surface area contributed by atoms with Crippen molar-refractivity contribution in [1.82, 2.24) is 19.4 Å². The van der Waals surface area contributed by atoms with E-state index in [1.54, 1.807) is 40.9 Å². The monoisotopic (exact) mass is 499 g/mol. The van der Waals surface area contributed by atoms with Crippen molar-refractivity contribution in [1.29, 1.82) is 0 Å². The van der Waals surface area contributed by atoms with Gasteiger partial charge in [0.25, 0.3) is 5.56 Å². The van der Waals surface area contributed by atoms with Gasteiger partial charge in [-0.25, -0.2) is 4.98 Å². The van der Waals surface area contributed by atoms with E-state index in [0.717, 1.165) is 0 Å². The summed E-state index contributed by atoms with van der Waals surface area (Å²) in [6.07, 6.45) is 2.83. The first-order chi connectivity index (χ1) is 16.9. The van der Waals surface area contributed by atoms with E-state index in [1.807, 2.05) is 0 Å². The SMILES string of the molecule is C=CC(=O)N1CC(OCCn2c(=O)c(-c3cc(OC)cc(OC)c3Cl)cc3cnc(NC)nc32)C1. The molecule has 184 valence electrons. The fourth-order valence-electron chi connectivity index (χ4n) is 3.88. The topological polar surface area (TPSA) is 108 Å². The first kappa shape index (κ1) is 24.5. The molecule has 0 spiro atoms. The Balaban J connectivity index is 1.71. The number of hydrogen-bond donors (Lipinski definition) is 1. The van der Waals surface area contributed by atoms with Crippen LogP contribution in [0.2, 0.25) is 5.02 Å². The zero-order valence-electron chi connectivity index (χ0n) is 19.7. The van der Waals surface area contributed by atoms with Gasteiger partial charge in [-0.05, 0) is 18.2 Å². The second-order valence-electron chi connectivity index (χ2n) is 7.87.